The van der Waals surface area contributed by atoms with Gasteiger partial charge < -0.3 is 0 Å². The molecule has 2 aromatic heterocycles. The Morgan fingerprint density at radius 1 is 1.15 bits per heavy atom. The maximum atomic E-state index is 6.53. The van der Waals surface area contributed by atoms with Crippen LogP contribution in [0.2, 0.25) is 10.0 Å². The summed E-state index contributed by atoms with van der Waals surface area (Å²) in [4.78, 5) is 4.79. The maximum absolute atomic E-state index is 6.53. The fourth-order valence-electron chi connectivity index (χ4n) is 3.82. The van der Waals surface area contributed by atoms with Crippen LogP contribution >= 0.6 is 23.2 Å². The minimum absolute atomic E-state index is 0.487. The standard InChI is InChI=1S/C22H27Cl2N3/c1-5-8-9-15(6-2)20-19(7-3)26-27-21(14(4)13-25-22(20)27)17-11-10-16(23)12-18(17)24/h10-13,15H,5-9H2,1-4H3. The number of hydrogen-bond donors (Lipinski definition) is 0. The van der Waals surface area contributed by atoms with Crippen LogP contribution in [0.3, 0.4) is 0 Å². The summed E-state index contributed by atoms with van der Waals surface area (Å²) >= 11 is 12.6. The first-order valence-corrected chi connectivity index (χ1v) is 10.6. The number of halogens is 2. The van der Waals surface area contributed by atoms with Gasteiger partial charge in [0.25, 0.3) is 0 Å². The highest BCUT2D eigenvalue weighted by molar-refractivity contribution is 6.36. The van der Waals surface area contributed by atoms with E-state index in [1.807, 2.05) is 29.8 Å². The molecular formula is C22H27Cl2N3. The molecule has 0 saturated heterocycles. The third kappa shape index (κ3) is 3.86. The lowest BCUT2D eigenvalue weighted by Crippen LogP contribution is -2.03. The van der Waals surface area contributed by atoms with Crippen LogP contribution in [0.25, 0.3) is 16.9 Å². The van der Waals surface area contributed by atoms with Crippen molar-refractivity contribution in [3.8, 4) is 11.3 Å². The smallest absolute Gasteiger partial charge is 0.159 e. The molecule has 0 N–H and O–H groups in total. The molecule has 0 aliphatic heterocycles. The van der Waals surface area contributed by atoms with Gasteiger partial charge in [0.05, 0.1) is 16.4 Å². The molecule has 3 aromatic rings. The normalized spacial score (nSPS) is 12.7. The van der Waals surface area contributed by atoms with Crippen molar-refractivity contribution in [2.75, 3.05) is 0 Å². The lowest BCUT2D eigenvalue weighted by Gasteiger charge is -2.15. The van der Waals surface area contributed by atoms with Crippen LogP contribution in [0.5, 0.6) is 0 Å². The highest BCUT2D eigenvalue weighted by Gasteiger charge is 2.23. The number of fused-ring (bicyclic) bond motifs is 1. The summed E-state index contributed by atoms with van der Waals surface area (Å²) in [6.07, 6.45) is 7.53. The Hall–Kier alpha value is -1.58. The Bertz CT molecular complexity index is 946. The Balaban J connectivity index is 2.26. The lowest BCUT2D eigenvalue weighted by molar-refractivity contribution is 0.568. The molecule has 0 saturated carbocycles. The van der Waals surface area contributed by atoms with Crippen molar-refractivity contribution in [2.24, 2.45) is 0 Å². The van der Waals surface area contributed by atoms with Gasteiger partial charge in [-0.05, 0) is 55.9 Å². The summed E-state index contributed by atoms with van der Waals surface area (Å²) < 4.78 is 1.99. The molecule has 144 valence electrons. The van der Waals surface area contributed by atoms with Gasteiger partial charge in [-0.2, -0.15) is 5.10 Å². The first-order valence-electron chi connectivity index (χ1n) is 9.84. The zero-order chi connectivity index (χ0) is 19.6. The number of unbranched alkanes of at least 4 members (excludes halogenated alkanes) is 1. The van der Waals surface area contributed by atoms with Crippen LogP contribution in [-0.4, -0.2) is 14.6 Å². The van der Waals surface area contributed by atoms with E-state index in [9.17, 15) is 0 Å². The zero-order valence-corrected chi connectivity index (χ0v) is 18.0. The van der Waals surface area contributed by atoms with Crippen molar-refractivity contribution >= 4 is 28.8 Å². The molecule has 2 heterocycles. The molecule has 0 spiro atoms. The minimum atomic E-state index is 0.487. The van der Waals surface area contributed by atoms with E-state index in [4.69, 9.17) is 33.3 Å². The summed E-state index contributed by atoms with van der Waals surface area (Å²) in [5.74, 6) is 0.487. The average molecular weight is 404 g/mol. The van der Waals surface area contributed by atoms with Crippen molar-refractivity contribution in [3.05, 3.63) is 51.3 Å². The number of hydrogen-bond acceptors (Lipinski definition) is 2. The van der Waals surface area contributed by atoms with E-state index in [1.54, 1.807) is 6.07 Å². The van der Waals surface area contributed by atoms with Crippen LogP contribution in [0.1, 0.15) is 69.2 Å². The summed E-state index contributed by atoms with van der Waals surface area (Å²) in [6.45, 7) is 8.72. The first kappa shape index (κ1) is 20.2. The molecule has 0 radical (unpaired) electrons. The Labute approximate surface area is 171 Å². The van der Waals surface area contributed by atoms with Gasteiger partial charge >= 0.3 is 0 Å². The number of aryl methyl sites for hydroxylation is 2. The Kier molecular flexibility index (Phi) is 6.44. The van der Waals surface area contributed by atoms with Gasteiger partial charge in [-0.3, -0.25) is 0 Å². The van der Waals surface area contributed by atoms with Gasteiger partial charge in [0.2, 0.25) is 0 Å². The van der Waals surface area contributed by atoms with E-state index in [1.165, 1.54) is 24.8 Å². The molecule has 0 aliphatic carbocycles. The van der Waals surface area contributed by atoms with Crippen molar-refractivity contribution in [1.29, 1.82) is 0 Å². The number of rotatable bonds is 7. The van der Waals surface area contributed by atoms with E-state index >= 15 is 0 Å². The fourth-order valence-corrected chi connectivity index (χ4v) is 4.32. The molecule has 0 fully saturated rings. The largest absolute Gasteiger partial charge is 0.236 e. The van der Waals surface area contributed by atoms with Gasteiger partial charge in [0.15, 0.2) is 5.65 Å². The fraction of sp³-hybridized carbons (Fsp3) is 0.455. The minimum Gasteiger partial charge on any atom is -0.236 e. The maximum Gasteiger partial charge on any atom is 0.159 e. The predicted molar refractivity (Wildman–Crippen MR) is 115 cm³/mol. The summed E-state index contributed by atoms with van der Waals surface area (Å²) in [7, 11) is 0. The highest BCUT2D eigenvalue weighted by Crippen LogP contribution is 2.36. The first-order chi connectivity index (χ1) is 13.0. The molecule has 1 aromatic carbocycles. The number of nitrogens with zero attached hydrogens (tertiary/aromatic N) is 3. The van der Waals surface area contributed by atoms with E-state index in [-0.39, 0.29) is 0 Å². The van der Waals surface area contributed by atoms with Crippen LogP contribution in [0, 0.1) is 6.92 Å². The third-order valence-electron chi connectivity index (χ3n) is 5.27. The second-order valence-corrected chi connectivity index (χ2v) is 7.95. The molecule has 1 atom stereocenters. The highest BCUT2D eigenvalue weighted by atomic mass is 35.5. The second kappa shape index (κ2) is 8.62. The van der Waals surface area contributed by atoms with E-state index in [2.05, 4.69) is 20.8 Å². The van der Waals surface area contributed by atoms with E-state index < -0.39 is 0 Å². The monoisotopic (exact) mass is 403 g/mol. The Morgan fingerprint density at radius 2 is 1.93 bits per heavy atom. The quantitative estimate of drug-likeness (QED) is 0.415. The van der Waals surface area contributed by atoms with Crippen LogP contribution in [0.4, 0.5) is 0 Å². The van der Waals surface area contributed by atoms with Crippen LogP contribution < -0.4 is 0 Å². The summed E-state index contributed by atoms with van der Waals surface area (Å²) in [5.41, 5.74) is 6.38. The van der Waals surface area contributed by atoms with Gasteiger partial charge in [0.1, 0.15) is 0 Å². The zero-order valence-electron chi connectivity index (χ0n) is 16.5. The van der Waals surface area contributed by atoms with Gasteiger partial charge in [-0.25, -0.2) is 9.50 Å². The molecule has 0 aliphatic rings. The van der Waals surface area contributed by atoms with Crippen molar-refractivity contribution in [3.63, 3.8) is 0 Å². The molecule has 5 heteroatoms. The molecule has 0 bridgehead atoms. The molecule has 3 nitrogen and oxygen atoms in total. The SMILES string of the molecule is CCCCC(CC)c1c(CC)nn2c(-c3ccc(Cl)cc3Cl)c(C)cnc12. The van der Waals surface area contributed by atoms with Crippen molar-refractivity contribution in [1.82, 2.24) is 14.6 Å². The summed E-state index contributed by atoms with van der Waals surface area (Å²) in [5, 5.41) is 6.23. The van der Waals surface area contributed by atoms with Crippen molar-refractivity contribution in [2.45, 2.75) is 65.7 Å². The molecular weight excluding hydrogens is 377 g/mol. The van der Waals surface area contributed by atoms with Crippen LogP contribution in [-0.2, 0) is 6.42 Å². The second-order valence-electron chi connectivity index (χ2n) is 7.11. The lowest BCUT2D eigenvalue weighted by atomic mass is 9.90. The van der Waals surface area contributed by atoms with Gasteiger partial charge in [0, 0.05) is 22.3 Å². The Morgan fingerprint density at radius 3 is 2.56 bits per heavy atom. The molecule has 1 unspecified atom stereocenters. The number of benzene rings is 1. The number of aromatic nitrogens is 3. The predicted octanol–water partition coefficient (Wildman–Crippen LogP) is 7.26. The average Bonchev–Trinajstić information content (AvgIpc) is 3.02. The summed E-state index contributed by atoms with van der Waals surface area (Å²) in [6, 6.07) is 5.62. The van der Waals surface area contributed by atoms with E-state index in [0.717, 1.165) is 41.0 Å². The molecule has 27 heavy (non-hydrogen) atoms. The topological polar surface area (TPSA) is 30.2 Å². The molecule has 0 amide bonds. The third-order valence-corrected chi connectivity index (χ3v) is 5.82. The van der Waals surface area contributed by atoms with Crippen molar-refractivity contribution < 1.29 is 0 Å². The molecule has 3 rings (SSSR count). The van der Waals surface area contributed by atoms with Crippen LogP contribution in [0.15, 0.2) is 24.4 Å². The van der Waals surface area contributed by atoms with Gasteiger partial charge in [-0.1, -0.05) is 56.8 Å². The van der Waals surface area contributed by atoms with E-state index in [0.29, 0.717) is 16.0 Å². The van der Waals surface area contributed by atoms with Gasteiger partial charge in [-0.15, -0.1) is 0 Å².